The fraction of sp³-hybridized carbons (Fsp3) is 0.385. The van der Waals surface area contributed by atoms with Crippen molar-refractivity contribution in [2.75, 3.05) is 19.7 Å². The summed E-state index contributed by atoms with van der Waals surface area (Å²) in [7, 11) is 0. The van der Waals surface area contributed by atoms with E-state index in [1.807, 2.05) is 35.2 Å². The lowest BCUT2D eigenvalue weighted by Gasteiger charge is -2.19. The Labute approximate surface area is 193 Å². The number of likely N-dealkylation sites (tertiary alicyclic amines) is 1. The number of benzene rings is 2. The lowest BCUT2D eigenvalue weighted by molar-refractivity contribution is 0.0790. The van der Waals surface area contributed by atoms with E-state index in [0.29, 0.717) is 17.4 Å². The third kappa shape index (κ3) is 4.53. The number of halogens is 1. The summed E-state index contributed by atoms with van der Waals surface area (Å²) in [4.78, 5) is 15.1. The van der Waals surface area contributed by atoms with Crippen molar-refractivity contribution in [1.29, 1.82) is 0 Å². The molecule has 0 saturated carbocycles. The molecule has 2 aromatic carbocycles. The van der Waals surface area contributed by atoms with Gasteiger partial charge in [0.15, 0.2) is 0 Å². The molecule has 3 aromatic rings. The van der Waals surface area contributed by atoms with E-state index in [1.54, 1.807) is 0 Å². The number of carbonyl (C=O) groups is 1. The van der Waals surface area contributed by atoms with Crippen molar-refractivity contribution < 1.29 is 9.53 Å². The fourth-order valence-electron chi connectivity index (χ4n) is 4.78. The van der Waals surface area contributed by atoms with Crippen LogP contribution in [0.4, 0.5) is 0 Å². The number of para-hydroxylation sites is 1. The quantitative estimate of drug-likeness (QED) is 0.563. The topological polar surface area (TPSA) is 58.2 Å². The van der Waals surface area contributed by atoms with E-state index >= 15 is 0 Å². The van der Waals surface area contributed by atoms with Gasteiger partial charge in [0.2, 0.25) is 0 Å². The molecule has 1 amide bonds. The maximum atomic E-state index is 13.1. The van der Waals surface area contributed by atoms with Gasteiger partial charge in [-0.25, -0.2) is 0 Å². The van der Waals surface area contributed by atoms with Gasteiger partial charge in [-0.2, -0.15) is 5.10 Å². The van der Waals surface area contributed by atoms with Gasteiger partial charge in [-0.1, -0.05) is 29.8 Å². The summed E-state index contributed by atoms with van der Waals surface area (Å²) in [6, 6.07) is 15.9. The number of nitrogens with one attached hydrogen (secondary N) is 1. The van der Waals surface area contributed by atoms with Crippen LogP contribution in [0.3, 0.4) is 0 Å². The zero-order valence-electron chi connectivity index (χ0n) is 18.1. The number of aryl methyl sites for hydroxylation is 2. The Hall–Kier alpha value is -2.79. The first-order valence-corrected chi connectivity index (χ1v) is 11.9. The van der Waals surface area contributed by atoms with Gasteiger partial charge in [0.05, 0.1) is 17.3 Å². The average Bonchev–Trinajstić information content (AvgIpc) is 3.49. The number of fused-ring (bicyclic) bond motifs is 1. The molecule has 1 saturated heterocycles. The van der Waals surface area contributed by atoms with Gasteiger partial charge in [-0.15, -0.1) is 0 Å². The Morgan fingerprint density at radius 2 is 1.97 bits per heavy atom. The third-order valence-electron chi connectivity index (χ3n) is 6.61. The maximum Gasteiger partial charge on any atom is 0.253 e. The molecule has 1 N–H and O–H groups in total. The predicted molar refractivity (Wildman–Crippen MR) is 126 cm³/mol. The number of ether oxygens (including phenoxy) is 1. The van der Waals surface area contributed by atoms with E-state index in [9.17, 15) is 4.79 Å². The SMILES string of the molecule is O=C(c1ccc2c(c1)CCCC2)N1CCC(c2cc(CCOc3ccccc3Cl)[nH]n2)C1. The first-order valence-electron chi connectivity index (χ1n) is 11.5. The van der Waals surface area contributed by atoms with Gasteiger partial charge in [0.1, 0.15) is 5.75 Å². The molecule has 1 atom stereocenters. The van der Waals surface area contributed by atoms with E-state index in [2.05, 4.69) is 28.4 Å². The van der Waals surface area contributed by atoms with Crippen molar-refractivity contribution in [1.82, 2.24) is 15.1 Å². The summed E-state index contributed by atoms with van der Waals surface area (Å²) in [6.07, 6.45) is 6.38. The van der Waals surface area contributed by atoms with Crippen LogP contribution in [0, 0.1) is 0 Å². The molecule has 0 radical (unpaired) electrons. The highest BCUT2D eigenvalue weighted by Gasteiger charge is 2.30. The van der Waals surface area contributed by atoms with E-state index < -0.39 is 0 Å². The molecular formula is C26H28ClN3O2. The molecule has 5 rings (SSSR count). The van der Waals surface area contributed by atoms with Gasteiger partial charge in [-0.3, -0.25) is 9.89 Å². The van der Waals surface area contributed by atoms with Gasteiger partial charge < -0.3 is 9.64 Å². The van der Waals surface area contributed by atoms with Gasteiger partial charge in [0.25, 0.3) is 5.91 Å². The van der Waals surface area contributed by atoms with Gasteiger partial charge in [-0.05, 0) is 73.6 Å². The largest absolute Gasteiger partial charge is 0.492 e. The molecule has 6 heteroatoms. The molecule has 1 unspecified atom stereocenters. The van der Waals surface area contributed by atoms with Crippen LogP contribution in [-0.2, 0) is 19.3 Å². The number of aromatic amines is 1. The van der Waals surface area contributed by atoms with E-state index in [-0.39, 0.29) is 11.8 Å². The summed E-state index contributed by atoms with van der Waals surface area (Å²) in [6.45, 7) is 2.02. The second kappa shape index (κ2) is 9.37. The number of carbonyl (C=O) groups excluding carboxylic acids is 1. The monoisotopic (exact) mass is 449 g/mol. The number of rotatable bonds is 6. The predicted octanol–water partition coefficient (Wildman–Crippen LogP) is 5.19. The number of aromatic nitrogens is 2. The van der Waals surface area contributed by atoms with Crippen molar-refractivity contribution in [2.45, 2.75) is 44.4 Å². The van der Waals surface area contributed by atoms with Crippen molar-refractivity contribution in [3.05, 3.63) is 81.6 Å². The minimum atomic E-state index is 0.143. The van der Waals surface area contributed by atoms with Crippen LogP contribution >= 0.6 is 11.6 Å². The summed E-state index contributed by atoms with van der Waals surface area (Å²) in [5.41, 5.74) is 5.65. The van der Waals surface area contributed by atoms with E-state index in [0.717, 1.165) is 55.7 Å². The van der Waals surface area contributed by atoms with E-state index in [4.69, 9.17) is 16.3 Å². The highest BCUT2D eigenvalue weighted by atomic mass is 35.5. The lowest BCUT2D eigenvalue weighted by atomic mass is 9.90. The minimum absolute atomic E-state index is 0.143. The molecule has 1 fully saturated rings. The first kappa shape index (κ1) is 21.1. The lowest BCUT2D eigenvalue weighted by Crippen LogP contribution is -2.28. The summed E-state index contributed by atoms with van der Waals surface area (Å²) in [5, 5.41) is 8.27. The van der Waals surface area contributed by atoms with Gasteiger partial charge in [0, 0.05) is 36.7 Å². The zero-order valence-corrected chi connectivity index (χ0v) is 18.9. The molecule has 32 heavy (non-hydrogen) atoms. The molecule has 1 aliphatic carbocycles. The number of nitrogens with zero attached hydrogens (tertiary/aromatic N) is 2. The number of H-pyrrole nitrogens is 1. The number of amides is 1. The van der Waals surface area contributed by atoms with Crippen LogP contribution in [0.5, 0.6) is 5.75 Å². The fourth-order valence-corrected chi connectivity index (χ4v) is 4.97. The normalized spacial score (nSPS) is 17.9. The Balaban J connectivity index is 1.17. The van der Waals surface area contributed by atoms with Crippen LogP contribution < -0.4 is 4.74 Å². The zero-order chi connectivity index (χ0) is 21.9. The number of hydrogen-bond acceptors (Lipinski definition) is 3. The maximum absolute atomic E-state index is 13.1. The highest BCUT2D eigenvalue weighted by molar-refractivity contribution is 6.32. The van der Waals surface area contributed by atoms with Crippen LogP contribution in [0.1, 0.15) is 58.1 Å². The van der Waals surface area contributed by atoms with Crippen molar-refractivity contribution >= 4 is 17.5 Å². The first-order chi connectivity index (χ1) is 15.7. The van der Waals surface area contributed by atoms with Crippen molar-refractivity contribution in [2.24, 2.45) is 0 Å². The molecule has 2 heterocycles. The number of hydrogen-bond donors (Lipinski definition) is 1. The van der Waals surface area contributed by atoms with Crippen molar-refractivity contribution in [3.63, 3.8) is 0 Å². The smallest absolute Gasteiger partial charge is 0.253 e. The van der Waals surface area contributed by atoms with Crippen LogP contribution in [0.25, 0.3) is 0 Å². The summed E-state index contributed by atoms with van der Waals surface area (Å²) in [5.74, 6) is 1.11. The molecule has 166 valence electrons. The van der Waals surface area contributed by atoms with Crippen LogP contribution in [-0.4, -0.2) is 40.7 Å². The molecule has 0 spiro atoms. The Kier molecular flexibility index (Phi) is 6.17. The van der Waals surface area contributed by atoms with Gasteiger partial charge >= 0.3 is 0 Å². The van der Waals surface area contributed by atoms with Crippen molar-refractivity contribution in [3.8, 4) is 5.75 Å². The molecule has 2 aliphatic rings. The minimum Gasteiger partial charge on any atom is -0.492 e. The Morgan fingerprint density at radius 1 is 1.12 bits per heavy atom. The van der Waals surface area contributed by atoms with E-state index in [1.165, 1.54) is 24.0 Å². The Morgan fingerprint density at radius 3 is 2.84 bits per heavy atom. The van der Waals surface area contributed by atoms with Crippen LogP contribution in [0.2, 0.25) is 5.02 Å². The second-order valence-corrected chi connectivity index (χ2v) is 9.18. The summed E-state index contributed by atoms with van der Waals surface area (Å²) >= 11 is 6.14. The second-order valence-electron chi connectivity index (χ2n) is 8.77. The third-order valence-corrected chi connectivity index (χ3v) is 6.92. The highest BCUT2D eigenvalue weighted by Crippen LogP contribution is 2.29. The molecule has 1 aliphatic heterocycles. The summed E-state index contributed by atoms with van der Waals surface area (Å²) < 4.78 is 5.78. The standard InChI is InChI=1S/C26H28ClN3O2/c27-23-7-3-4-8-25(23)32-14-12-22-16-24(29-28-22)21-11-13-30(17-21)26(31)20-10-9-18-5-1-2-6-19(18)15-20/h3-4,7-10,15-16,21H,1-2,5-6,11-14,17H2,(H,28,29). The average molecular weight is 450 g/mol. The molecule has 1 aromatic heterocycles. The molecule has 5 nitrogen and oxygen atoms in total. The molecular weight excluding hydrogens is 422 g/mol. The molecule has 0 bridgehead atoms. The van der Waals surface area contributed by atoms with Crippen LogP contribution in [0.15, 0.2) is 48.5 Å². The Bertz CT molecular complexity index is 1110.